The second-order valence-electron chi connectivity index (χ2n) is 6.90. The average molecular weight is 392 g/mol. The molecule has 3 N–H and O–H groups in total. The lowest BCUT2D eigenvalue weighted by atomic mass is 9.98. The smallest absolute Gasteiger partial charge is 0.303 e. The van der Waals surface area contributed by atoms with Crippen LogP contribution in [0.4, 0.5) is 0 Å². The summed E-state index contributed by atoms with van der Waals surface area (Å²) in [5.41, 5.74) is 0. The number of aliphatic carboxylic acids is 1. The van der Waals surface area contributed by atoms with Crippen LogP contribution in [0.1, 0.15) is 32.1 Å². The van der Waals surface area contributed by atoms with Gasteiger partial charge >= 0.3 is 5.97 Å². The lowest BCUT2D eigenvalue weighted by Crippen LogP contribution is -2.34. The van der Waals surface area contributed by atoms with Crippen molar-refractivity contribution in [3.8, 4) is 5.75 Å². The zero-order valence-electron chi connectivity index (χ0n) is 15.8. The van der Waals surface area contributed by atoms with Gasteiger partial charge in [0.2, 0.25) is 0 Å². The van der Waals surface area contributed by atoms with E-state index in [2.05, 4.69) is 0 Å². The van der Waals surface area contributed by atoms with Gasteiger partial charge in [0.15, 0.2) is 0 Å². The fourth-order valence-electron chi connectivity index (χ4n) is 3.18. The van der Waals surface area contributed by atoms with Crippen molar-refractivity contribution in [2.75, 3.05) is 13.2 Å². The number of Topliss-reactive ketones (excluding diaryl/α,β-unsaturated/α-hetero) is 1. The summed E-state index contributed by atoms with van der Waals surface area (Å²) in [6, 6.07) is 9.10. The molecule has 4 unspecified atom stereocenters. The molecule has 0 heterocycles. The minimum Gasteiger partial charge on any atom is -0.491 e. The van der Waals surface area contributed by atoms with Crippen molar-refractivity contribution in [1.82, 2.24) is 0 Å². The Morgan fingerprint density at radius 3 is 2.61 bits per heavy atom. The number of aliphatic hydroxyl groups excluding tert-OH is 2. The summed E-state index contributed by atoms with van der Waals surface area (Å²) in [6.45, 7) is 0.0184. The summed E-state index contributed by atoms with van der Waals surface area (Å²) in [4.78, 5) is 22.6. The maximum atomic E-state index is 12.1. The summed E-state index contributed by atoms with van der Waals surface area (Å²) >= 11 is 0. The number of para-hydroxylation sites is 1. The Bertz CT molecular complexity index is 643. The molecule has 0 saturated heterocycles. The SMILES string of the molecule is O=C(O)CCC=CCCC1C(=O)CC(O)C1OCC(O)COc1ccccc1. The molecule has 4 atom stereocenters. The highest BCUT2D eigenvalue weighted by Crippen LogP contribution is 2.29. The molecule has 154 valence electrons. The predicted molar refractivity (Wildman–Crippen MR) is 102 cm³/mol. The highest BCUT2D eigenvalue weighted by Gasteiger charge is 2.42. The summed E-state index contributed by atoms with van der Waals surface area (Å²) in [7, 11) is 0. The van der Waals surface area contributed by atoms with Crippen LogP contribution in [-0.2, 0) is 14.3 Å². The molecule has 1 aliphatic rings. The monoisotopic (exact) mass is 392 g/mol. The van der Waals surface area contributed by atoms with Gasteiger partial charge < -0.3 is 24.8 Å². The Balaban J connectivity index is 1.74. The van der Waals surface area contributed by atoms with Gasteiger partial charge in [-0.05, 0) is 31.4 Å². The number of carbonyl (C=O) groups excluding carboxylic acids is 1. The fourth-order valence-corrected chi connectivity index (χ4v) is 3.18. The minimum atomic E-state index is -0.879. The number of ketones is 1. The molecule has 1 saturated carbocycles. The van der Waals surface area contributed by atoms with Crippen LogP contribution < -0.4 is 4.74 Å². The Morgan fingerprint density at radius 1 is 1.18 bits per heavy atom. The number of rotatable bonds is 12. The van der Waals surface area contributed by atoms with Gasteiger partial charge in [-0.2, -0.15) is 0 Å². The van der Waals surface area contributed by atoms with E-state index < -0.39 is 30.2 Å². The predicted octanol–water partition coefficient (Wildman–Crippen LogP) is 1.96. The molecule has 0 spiro atoms. The standard InChI is InChI=1S/C21H28O7/c22-15(13-27-16-8-4-3-5-9-16)14-28-21-17(18(23)12-19(21)24)10-6-1-2-7-11-20(25)26/h1-5,8-9,15,17,19,21-22,24H,6-7,10-14H2,(H,25,26). The van der Waals surface area contributed by atoms with E-state index in [9.17, 15) is 19.8 Å². The number of carboxylic acids is 1. The van der Waals surface area contributed by atoms with Gasteiger partial charge in [-0.15, -0.1) is 0 Å². The van der Waals surface area contributed by atoms with E-state index in [0.717, 1.165) is 0 Å². The Hall–Kier alpha value is -2.22. The number of hydrogen-bond acceptors (Lipinski definition) is 6. The molecule has 0 bridgehead atoms. The van der Waals surface area contributed by atoms with Gasteiger partial charge in [-0.1, -0.05) is 30.4 Å². The first-order valence-electron chi connectivity index (χ1n) is 9.52. The first kappa shape index (κ1) is 22.1. The topological polar surface area (TPSA) is 113 Å². The fraction of sp³-hybridized carbons (Fsp3) is 0.524. The van der Waals surface area contributed by atoms with Crippen molar-refractivity contribution < 1.29 is 34.4 Å². The van der Waals surface area contributed by atoms with Crippen molar-refractivity contribution in [2.45, 2.75) is 50.4 Å². The lowest BCUT2D eigenvalue weighted by molar-refractivity contribution is -0.136. The molecule has 7 heteroatoms. The lowest BCUT2D eigenvalue weighted by Gasteiger charge is -2.23. The second kappa shape index (κ2) is 11.6. The van der Waals surface area contributed by atoms with Crippen LogP contribution in [0.2, 0.25) is 0 Å². The molecule has 7 nitrogen and oxygen atoms in total. The van der Waals surface area contributed by atoms with Crippen molar-refractivity contribution in [1.29, 1.82) is 0 Å². The minimum absolute atomic E-state index is 0.0349. The summed E-state index contributed by atoms with van der Waals surface area (Å²) in [5.74, 6) is -0.681. The van der Waals surface area contributed by atoms with Gasteiger partial charge in [0.05, 0.1) is 18.8 Å². The summed E-state index contributed by atoms with van der Waals surface area (Å²) in [6.07, 6.45) is 2.92. The van der Waals surface area contributed by atoms with Crippen LogP contribution in [0.5, 0.6) is 5.75 Å². The first-order chi connectivity index (χ1) is 13.5. The number of hydrogen-bond donors (Lipinski definition) is 3. The van der Waals surface area contributed by atoms with Crippen molar-refractivity contribution >= 4 is 11.8 Å². The summed E-state index contributed by atoms with van der Waals surface area (Å²) < 4.78 is 11.1. The van der Waals surface area contributed by atoms with Gasteiger partial charge in [0, 0.05) is 18.8 Å². The van der Waals surface area contributed by atoms with E-state index in [1.54, 1.807) is 18.2 Å². The molecule has 28 heavy (non-hydrogen) atoms. The van der Waals surface area contributed by atoms with Crippen LogP contribution >= 0.6 is 0 Å². The van der Waals surface area contributed by atoms with Gasteiger partial charge in [0.1, 0.15) is 24.2 Å². The van der Waals surface area contributed by atoms with E-state index >= 15 is 0 Å². The number of ether oxygens (including phenoxy) is 2. The number of aliphatic hydroxyl groups is 2. The largest absolute Gasteiger partial charge is 0.491 e. The molecule has 1 fully saturated rings. The van der Waals surface area contributed by atoms with E-state index in [-0.39, 0.29) is 31.8 Å². The quantitative estimate of drug-likeness (QED) is 0.466. The van der Waals surface area contributed by atoms with Crippen LogP contribution in [0.15, 0.2) is 42.5 Å². The number of allylic oxidation sites excluding steroid dienone is 2. The number of carboxylic acid groups (broad SMARTS) is 1. The van der Waals surface area contributed by atoms with E-state index in [1.165, 1.54) is 0 Å². The Kier molecular flexibility index (Phi) is 9.13. The van der Waals surface area contributed by atoms with Gasteiger partial charge in [-0.3, -0.25) is 9.59 Å². The third-order valence-electron chi connectivity index (χ3n) is 4.60. The molecule has 0 radical (unpaired) electrons. The van der Waals surface area contributed by atoms with Crippen LogP contribution in [0, 0.1) is 5.92 Å². The Labute approximate surface area is 164 Å². The molecule has 1 aromatic carbocycles. The highest BCUT2D eigenvalue weighted by atomic mass is 16.5. The second-order valence-corrected chi connectivity index (χ2v) is 6.90. The third-order valence-corrected chi connectivity index (χ3v) is 4.60. The molecular weight excluding hydrogens is 364 g/mol. The number of carbonyl (C=O) groups is 2. The molecule has 0 amide bonds. The third kappa shape index (κ3) is 7.42. The maximum absolute atomic E-state index is 12.1. The zero-order valence-corrected chi connectivity index (χ0v) is 15.8. The van der Waals surface area contributed by atoms with Gasteiger partial charge in [0.25, 0.3) is 0 Å². The normalized spacial score (nSPS) is 23.2. The molecule has 0 aliphatic heterocycles. The van der Waals surface area contributed by atoms with Crippen molar-refractivity contribution in [3.05, 3.63) is 42.5 Å². The highest BCUT2D eigenvalue weighted by molar-refractivity contribution is 5.84. The van der Waals surface area contributed by atoms with Gasteiger partial charge in [-0.25, -0.2) is 0 Å². The number of benzene rings is 1. The molecular formula is C21H28O7. The van der Waals surface area contributed by atoms with Crippen molar-refractivity contribution in [3.63, 3.8) is 0 Å². The molecule has 1 aromatic rings. The molecule has 0 aromatic heterocycles. The van der Waals surface area contributed by atoms with E-state index in [1.807, 2.05) is 24.3 Å². The molecule has 2 rings (SSSR count). The molecule has 1 aliphatic carbocycles. The average Bonchev–Trinajstić information content (AvgIpc) is 2.94. The first-order valence-corrected chi connectivity index (χ1v) is 9.52. The van der Waals surface area contributed by atoms with E-state index in [4.69, 9.17) is 14.6 Å². The van der Waals surface area contributed by atoms with E-state index in [0.29, 0.717) is 25.0 Å². The maximum Gasteiger partial charge on any atom is 0.303 e. The van der Waals surface area contributed by atoms with Crippen LogP contribution in [0.25, 0.3) is 0 Å². The van der Waals surface area contributed by atoms with Crippen LogP contribution in [-0.4, -0.2) is 58.6 Å². The van der Waals surface area contributed by atoms with Crippen LogP contribution in [0.3, 0.4) is 0 Å². The summed E-state index contributed by atoms with van der Waals surface area (Å²) in [5, 5.41) is 28.8. The van der Waals surface area contributed by atoms with Crippen molar-refractivity contribution in [2.24, 2.45) is 5.92 Å². The zero-order chi connectivity index (χ0) is 20.4. The Morgan fingerprint density at radius 2 is 1.89 bits per heavy atom.